The predicted molar refractivity (Wildman–Crippen MR) is 88.5 cm³/mol. The summed E-state index contributed by atoms with van der Waals surface area (Å²) in [5.74, 6) is 1.37. The molecule has 0 bridgehead atoms. The van der Waals surface area contributed by atoms with E-state index >= 15 is 0 Å². The van der Waals surface area contributed by atoms with Crippen LogP contribution in [0.2, 0.25) is 0 Å². The van der Waals surface area contributed by atoms with E-state index < -0.39 is 6.04 Å². The summed E-state index contributed by atoms with van der Waals surface area (Å²) in [6, 6.07) is 2.71. The number of morpholine rings is 1. The minimum absolute atomic E-state index is 0.118. The van der Waals surface area contributed by atoms with Gasteiger partial charge in [-0.05, 0) is 12.1 Å². The molecule has 134 valence electrons. The van der Waals surface area contributed by atoms with Gasteiger partial charge in [-0.3, -0.25) is 0 Å². The lowest BCUT2D eigenvalue weighted by Crippen LogP contribution is -2.45. The minimum Gasteiger partial charge on any atom is -0.480 e. The van der Waals surface area contributed by atoms with Gasteiger partial charge in [0.05, 0.1) is 20.3 Å². The van der Waals surface area contributed by atoms with Crippen LogP contribution in [-0.2, 0) is 4.74 Å². The first-order chi connectivity index (χ1) is 12.1. The fourth-order valence-corrected chi connectivity index (χ4v) is 2.50. The Morgan fingerprint density at radius 3 is 3.00 bits per heavy atom. The largest absolute Gasteiger partial charge is 0.480 e. The van der Waals surface area contributed by atoms with Crippen molar-refractivity contribution in [3.05, 3.63) is 30.1 Å². The molecule has 0 radical (unpaired) electrons. The number of ether oxygens (including phenoxy) is 2. The summed E-state index contributed by atoms with van der Waals surface area (Å²) >= 11 is 0. The molecule has 3 rings (SSSR count). The van der Waals surface area contributed by atoms with Gasteiger partial charge in [-0.15, -0.1) is 10.2 Å². The molecule has 2 aromatic heterocycles. The molecule has 0 aromatic carbocycles. The van der Waals surface area contributed by atoms with Crippen LogP contribution in [0.4, 0.5) is 10.5 Å². The summed E-state index contributed by atoms with van der Waals surface area (Å²) in [6.45, 7) is 5.09. The van der Waals surface area contributed by atoms with Crippen LogP contribution in [0.1, 0.15) is 37.6 Å². The van der Waals surface area contributed by atoms with Crippen molar-refractivity contribution in [3.63, 3.8) is 0 Å². The fraction of sp³-hybridized carbons (Fsp3) is 0.500. The van der Waals surface area contributed by atoms with Crippen LogP contribution >= 0.6 is 0 Å². The molecule has 1 N–H and O–H groups in total. The average molecular weight is 347 g/mol. The summed E-state index contributed by atoms with van der Waals surface area (Å²) in [5, 5.41) is 10.9. The molecule has 1 atom stereocenters. The van der Waals surface area contributed by atoms with Crippen LogP contribution in [0.5, 0.6) is 5.88 Å². The van der Waals surface area contributed by atoms with Crippen molar-refractivity contribution in [2.24, 2.45) is 0 Å². The molecule has 1 unspecified atom stereocenters. The van der Waals surface area contributed by atoms with Crippen LogP contribution in [0.3, 0.4) is 0 Å². The highest BCUT2D eigenvalue weighted by atomic mass is 16.5. The van der Waals surface area contributed by atoms with Crippen molar-refractivity contribution in [2.75, 3.05) is 32.2 Å². The van der Waals surface area contributed by atoms with Crippen molar-refractivity contribution in [1.29, 1.82) is 0 Å². The number of methoxy groups -OCH3 is 1. The molecule has 0 aliphatic carbocycles. The number of hydrogen-bond acceptors (Lipinski definition) is 7. The van der Waals surface area contributed by atoms with Crippen molar-refractivity contribution >= 4 is 11.7 Å². The van der Waals surface area contributed by atoms with E-state index in [-0.39, 0.29) is 11.9 Å². The highest BCUT2D eigenvalue weighted by Gasteiger charge is 2.33. The highest BCUT2D eigenvalue weighted by Crippen LogP contribution is 2.27. The molecule has 0 spiro atoms. The van der Waals surface area contributed by atoms with E-state index in [1.54, 1.807) is 23.2 Å². The second-order valence-corrected chi connectivity index (χ2v) is 5.91. The second-order valence-electron chi connectivity index (χ2n) is 5.91. The van der Waals surface area contributed by atoms with E-state index in [0.29, 0.717) is 43.1 Å². The van der Waals surface area contributed by atoms with Gasteiger partial charge in [0, 0.05) is 18.7 Å². The molecule has 3 heterocycles. The molecule has 9 nitrogen and oxygen atoms in total. The number of nitrogens with zero attached hydrogens (tertiary/aromatic N) is 4. The zero-order chi connectivity index (χ0) is 17.8. The third-order valence-corrected chi connectivity index (χ3v) is 3.83. The monoisotopic (exact) mass is 347 g/mol. The molecule has 2 amide bonds. The smallest absolute Gasteiger partial charge is 0.322 e. The van der Waals surface area contributed by atoms with Crippen LogP contribution in [0, 0.1) is 0 Å². The average Bonchev–Trinajstić information content (AvgIpc) is 3.12. The lowest BCUT2D eigenvalue weighted by atomic mass is 10.2. The first kappa shape index (κ1) is 17.2. The van der Waals surface area contributed by atoms with E-state index in [1.807, 2.05) is 13.8 Å². The quantitative estimate of drug-likeness (QED) is 0.904. The Morgan fingerprint density at radius 2 is 2.28 bits per heavy atom. The Bertz CT molecular complexity index is 733. The standard InChI is InChI=1S/C16H21N5O4/c1-10(2)13-19-20-15(25-13)12-9-24-8-7-21(12)16(22)18-11-5-4-6-17-14(11)23-3/h4-6,10,12H,7-9H2,1-3H3,(H,18,22). The fourth-order valence-electron chi connectivity index (χ4n) is 2.50. The number of hydrogen-bond donors (Lipinski definition) is 1. The number of anilines is 1. The third-order valence-electron chi connectivity index (χ3n) is 3.83. The van der Waals surface area contributed by atoms with Crippen LogP contribution in [0.25, 0.3) is 0 Å². The van der Waals surface area contributed by atoms with Gasteiger partial charge >= 0.3 is 6.03 Å². The number of aromatic nitrogens is 3. The zero-order valence-corrected chi connectivity index (χ0v) is 14.4. The number of pyridine rings is 1. The van der Waals surface area contributed by atoms with E-state index in [0.717, 1.165) is 0 Å². The zero-order valence-electron chi connectivity index (χ0n) is 14.4. The molecule has 9 heteroatoms. The number of rotatable bonds is 4. The van der Waals surface area contributed by atoms with Crippen molar-refractivity contribution in [1.82, 2.24) is 20.1 Å². The molecule has 1 saturated heterocycles. The molecule has 1 aliphatic heterocycles. The number of urea groups is 1. The van der Waals surface area contributed by atoms with Gasteiger partial charge in [0.15, 0.2) is 0 Å². The molecule has 0 saturated carbocycles. The topological polar surface area (TPSA) is 103 Å². The maximum absolute atomic E-state index is 12.7. The van der Waals surface area contributed by atoms with Crippen molar-refractivity contribution < 1.29 is 18.7 Å². The van der Waals surface area contributed by atoms with Gasteiger partial charge in [0.25, 0.3) is 0 Å². The number of carbonyl (C=O) groups is 1. The lowest BCUT2D eigenvalue weighted by molar-refractivity contribution is 0.00493. The summed E-state index contributed by atoms with van der Waals surface area (Å²) in [5.41, 5.74) is 0.494. The summed E-state index contributed by atoms with van der Waals surface area (Å²) in [6.07, 6.45) is 1.60. The summed E-state index contributed by atoms with van der Waals surface area (Å²) in [4.78, 5) is 18.4. The van der Waals surface area contributed by atoms with E-state index in [2.05, 4.69) is 20.5 Å². The minimum atomic E-state index is -0.434. The first-order valence-corrected chi connectivity index (χ1v) is 8.07. The van der Waals surface area contributed by atoms with Gasteiger partial charge in [-0.1, -0.05) is 13.8 Å². The van der Waals surface area contributed by atoms with E-state index in [1.165, 1.54) is 7.11 Å². The number of amides is 2. The Hall–Kier alpha value is -2.68. The molecular weight excluding hydrogens is 326 g/mol. The maximum atomic E-state index is 12.7. The Morgan fingerprint density at radius 1 is 1.44 bits per heavy atom. The van der Waals surface area contributed by atoms with Gasteiger partial charge in [0.1, 0.15) is 11.7 Å². The second kappa shape index (κ2) is 7.47. The molecule has 1 fully saturated rings. The Labute approximate surface area is 145 Å². The normalized spacial score (nSPS) is 17.6. The van der Waals surface area contributed by atoms with Gasteiger partial charge < -0.3 is 24.1 Å². The molecule has 2 aromatic rings. The molecule has 25 heavy (non-hydrogen) atoms. The first-order valence-electron chi connectivity index (χ1n) is 8.07. The summed E-state index contributed by atoms with van der Waals surface area (Å²) < 4.78 is 16.4. The van der Waals surface area contributed by atoms with Gasteiger partial charge in [-0.2, -0.15) is 0 Å². The van der Waals surface area contributed by atoms with Crippen molar-refractivity contribution in [3.8, 4) is 5.88 Å². The van der Waals surface area contributed by atoms with E-state index in [9.17, 15) is 4.79 Å². The van der Waals surface area contributed by atoms with E-state index in [4.69, 9.17) is 13.9 Å². The maximum Gasteiger partial charge on any atom is 0.322 e. The number of carbonyl (C=O) groups excluding carboxylic acids is 1. The van der Waals surface area contributed by atoms with Crippen LogP contribution < -0.4 is 10.1 Å². The predicted octanol–water partition coefficient (Wildman–Crippen LogP) is 2.20. The summed E-state index contributed by atoms with van der Waals surface area (Å²) in [7, 11) is 1.50. The number of nitrogens with one attached hydrogen (secondary N) is 1. The van der Waals surface area contributed by atoms with Gasteiger partial charge in [0.2, 0.25) is 17.7 Å². The molecule has 1 aliphatic rings. The van der Waals surface area contributed by atoms with Crippen LogP contribution in [-0.4, -0.2) is 53.0 Å². The van der Waals surface area contributed by atoms with Crippen LogP contribution in [0.15, 0.2) is 22.7 Å². The highest BCUT2D eigenvalue weighted by molar-refractivity contribution is 5.90. The lowest BCUT2D eigenvalue weighted by Gasteiger charge is -2.33. The SMILES string of the molecule is COc1ncccc1NC(=O)N1CCOCC1c1nnc(C(C)C)o1. The Kier molecular flexibility index (Phi) is 5.13. The third kappa shape index (κ3) is 3.71. The van der Waals surface area contributed by atoms with Gasteiger partial charge in [-0.25, -0.2) is 9.78 Å². The molecular formula is C16H21N5O4. The van der Waals surface area contributed by atoms with Crippen molar-refractivity contribution in [2.45, 2.75) is 25.8 Å². The Balaban J connectivity index is 1.79.